The van der Waals surface area contributed by atoms with Crippen molar-refractivity contribution in [1.82, 2.24) is 9.55 Å². The minimum absolute atomic E-state index is 0.00113. The largest absolute Gasteiger partial charge is 0.491 e. The first-order valence-electron chi connectivity index (χ1n) is 8.74. The fourth-order valence-corrected chi connectivity index (χ4v) is 3.46. The zero-order valence-corrected chi connectivity index (χ0v) is 15.5. The van der Waals surface area contributed by atoms with E-state index in [-0.39, 0.29) is 33.5 Å². The summed E-state index contributed by atoms with van der Waals surface area (Å²) in [5.74, 6) is -2.11. The number of nitrogens with one attached hydrogen (secondary N) is 1. The van der Waals surface area contributed by atoms with Gasteiger partial charge in [0.05, 0.1) is 16.1 Å². The van der Waals surface area contributed by atoms with E-state index in [2.05, 4.69) is 4.98 Å². The monoisotopic (exact) mass is 456 g/mol. The van der Waals surface area contributed by atoms with Crippen molar-refractivity contribution >= 4 is 5.69 Å². The second-order valence-corrected chi connectivity index (χ2v) is 6.79. The molecular formula is C19H10F6N4O3. The first kappa shape index (κ1) is 21.3. The molecule has 0 saturated carbocycles. The Morgan fingerprint density at radius 1 is 1.09 bits per heavy atom. The van der Waals surface area contributed by atoms with Crippen molar-refractivity contribution in [2.24, 2.45) is 0 Å². The van der Waals surface area contributed by atoms with Gasteiger partial charge in [-0.15, -0.1) is 13.2 Å². The van der Waals surface area contributed by atoms with Gasteiger partial charge < -0.3 is 4.74 Å². The Bertz CT molecular complexity index is 1300. The number of fused-ring (bicyclic) bond motifs is 2. The van der Waals surface area contributed by atoms with Crippen LogP contribution in [0.5, 0.6) is 11.6 Å². The third-order valence-electron chi connectivity index (χ3n) is 4.85. The summed E-state index contributed by atoms with van der Waals surface area (Å²) < 4.78 is 84.5. The number of halogens is 6. The number of nitro benzene ring substituents is 1. The van der Waals surface area contributed by atoms with Gasteiger partial charge in [0.1, 0.15) is 17.6 Å². The van der Waals surface area contributed by atoms with Crippen molar-refractivity contribution in [3.63, 3.8) is 0 Å². The standard InChI is InChI=1S/C19H10F6N4O3/c20-18(21,22)10-4-5-12-13(7-10)32-17-15(16(26)28(8-27-17)19(23,24)25)14(12)9-2-1-3-11(6-9)29(30)31/h1-8,14,26H. The Morgan fingerprint density at radius 2 is 1.81 bits per heavy atom. The fourth-order valence-electron chi connectivity index (χ4n) is 3.46. The molecule has 0 amide bonds. The highest BCUT2D eigenvalue weighted by atomic mass is 19.4. The summed E-state index contributed by atoms with van der Waals surface area (Å²) >= 11 is 0. The Morgan fingerprint density at radius 3 is 2.44 bits per heavy atom. The van der Waals surface area contributed by atoms with E-state index < -0.39 is 45.8 Å². The van der Waals surface area contributed by atoms with Gasteiger partial charge in [-0.1, -0.05) is 18.2 Å². The summed E-state index contributed by atoms with van der Waals surface area (Å²) in [5, 5.41) is 19.3. The first-order chi connectivity index (χ1) is 14.9. The van der Waals surface area contributed by atoms with Gasteiger partial charge in [0, 0.05) is 23.6 Å². The molecule has 1 aliphatic heterocycles. The molecule has 0 spiro atoms. The van der Waals surface area contributed by atoms with Crippen molar-refractivity contribution in [2.75, 3.05) is 0 Å². The molecule has 2 heterocycles. The molecule has 166 valence electrons. The van der Waals surface area contributed by atoms with Crippen molar-refractivity contribution in [3.8, 4) is 11.6 Å². The lowest BCUT2D eigenvalue weighted by Gasteiger charge is -2.29. The zero-order valence-electron chi connectivity index (χ0n) is 15.5. The summed E-state index contributed by atoms with van der Waals surface area (Å²) in [4.78, 5) is 14.0. The Labute approximate surface area is 174 Å². The Hall–Kier alpha value is -3.90. The summed E-state index contributed by atoms with van der Waals surface area (Å²) in [6.07, 6.45) is -9.44. The second kappa shape index (κ2) is 7.07. The molecule has 3 aromatic rings. The van der Waals surface area contributed by atoms with E-state index in [1.54, 1.807) is 0 Å². The third kappa shape index (κ3) is 3.55. The maximum absolute atomic E-state index is 13.3. The summed E-state index contributed by atoms with van der Waals surface area (Å²) in [6, 6.07) is 7.26. The Kier molecular flexibility index (Phi) is 4.71. The number of ether oxygens (including phenoxy) is 1. The number of non-ortho nitro benzene ring substituents is 1. The van der Waals surface area contributed by atoms with Crippen LogP contribution in [0.3, 0.4) is 0 Å². The topological polar surface area (TPSA) is 94.0 Å². The lowest BCUT2D eigenvalue weighted by molar-refractivity contribution is -0.384. The molecule has 0 aliphatic carbocycles. The van der Waals surface area contributed by atoms with Crippen molar-refractivity contribution in [3.05, 3.63) is 86.6 Å². The van der Waals surface area contributed by atoms with E-state index in [0.717, 1.165) is 24.3 Å². The van der Waals surface area contributed by atoms with Crippen molar-refractivity contribution in [2.45, 2.75) is 18.4 Å². The molecule has 0 bridgehead atoms. The van der Waals surface area contributed by atoms with Gasteiger partial charge in [0.2, 0.25) is 5.88 Å². The average Bonchev–Trinajstić information content (AvgIpc) is 2.70. The maximum Gasteiger partial charge on any atom is 0.491 e. The molecule has 1 aliphatic rings. The van der Waals surface area contributed by atoms with Crippen LogP contribution in [-0.2, 0) is 12.5 Å². The molecule has 1 aromatic heterocycles. The van der Waals surface area contributed by atoms with Crippen molar-refractivity contribution < 1.29 is 36.0 Å². The molecular weight excluding hydrogens is 446 g/mol. The van der Waals surface area contributed by atoms with Gasteiger partial charge in [-0.25, -0.2) is 9.55 Å². The molecule has 1 N–H and O–H groups in total. The molecule has 13 heteroatoms. The molecule has 1 atom stereocenters. The van der Waals surface area contributed by atoms with Crippen LogP contribution in [0.25, 0.3) is 0 Å². The predicted octanol–water partition coefficient (Wildman–Crippen LogP) is 5.05. The molecule has 0 fully saturated rings. The van der Waals surface area contributed by atoms with Gasteiger partial charge in [-0.2, -0.15) is 13.2 Å². The van der Waals surface area contributed by atoms with Gasteiger partial charge in [-0.05, 0) is 17.7 Å². The highest BCUT2D eigenvalue weighted by molar-refractivity contribution is 5.57. The Balaban J connectivity index is 2.02. The number of aromatic nitrogens is 2. The van der Waals surface area contributed by atoms with Gasteiger partial charge in [-0.3, -0.25) is 15.5 Å². The molecule has 0 saturated heterocycles. The van der Waals surface area contributed by atoms with Crippen molar-refractivity contribution in [1.29, 1.82) is 5.41 Å². The number of nitrogens with zero attached hydrogens (tertiary/aromatic N) is 3. The van der Waals surface area contributed by atoms with Gasteiger partial charge >= 0.3 is 12.5 Å². The molecule has 32 heavy (non-hydrogen) atoms. The third-order valence-corrected chi connectivity index (χ3v) is 4.85. The van der Waals surface area contributed by atoms with E-state index in [1.165, 1.54) is 12.1 Å². The van der Waals surface area contributed by atoms with E-state index in [0.29, 0.717) is 6.07 Å². The summed E-state index contributed by atoms with van der Waals surface area (Å²) in [6.45, 7) is 0. The lowest BCUT2D eigenvalue weighted by Crippen LogP contribution is -2.36. The molecule has 2 aromatic carbocycles. The fraction of sp³-hybridized carbons (Fsp3) is 0.158. The van der Waals surface area contributed by atoms with Crippen LogP contribution in [0.4, 0.5) is 32.0 Å². The number of rotatable bonds is 2. The average molecular weight is 456 g/mol. The normalized spacial score (nSPS) is 15.5. The number of hydrogen-bond acceptors (Lipinski definition) is 5. The highest BCUT2D eigenvalue weighted by Crippen LogP contribution is 2.47. The molecule has 0 radical (unpaired) electrons. The van der Waals surface area contributed by atoms with Gasteiger partial charge in [0.25, 0.3) is 5.69 Å². The molecule has 4 rings (SSSR count). The SMILES string of the molecule is N=c1c2c(ncn1C(F)(F)F)Oc1cc(C(F)(F)F)ccc1C2c1cccc([N+](=O)[O-])c1. The number of benzene rings is 2. The lowest BCUT2D eigenvalue weighted by atomic mass is 9.83. The van der Waals surface area contributed by atoms with Crippen LogP contribution < -0.4 is 10.2 Å². The number of nitro groups is 1. The second-order valence-electron chi connectivity index (χ2n) is 6.79. The molecule has 1 unspecified atom stereocenters. The van der Waals surface area contributed by atoms with Crippen LogP contribution in [-0.4, -0.2) is 14.5 Å². The van der Waals surface area contributed by atoms with Crippen LogP contribution in [0, 0.1) is 15.5 Å². The minimum Gasteiger partial charge on any atom is -0.438 e. The summed E-state index contributed by atoms with van der Waals surface area (Å²) in [5.41, 5.74) is -2.82. The van der Waals surface area contributed by atoms with Crippen LogP contribution in [0.2, 0.25) is 0 Å². The van der Waals surface area contributed by atoms with E-state index in [9.17, 15) is 36.5 Å². The number of hydrogen-bond donors (Lipinski definition) is 1. The quantitative estimate of drug-likeness (QED) is 0.260. The van der Waals surface area contributed by atoms with Crippen LogP contribution >= 0.6 is 0 Å². The van der Waals surface area contributed by atoms with Gasteiger partial charge in [0.15, 0.2) is 0 Å². The van der Waals surface area contributed by atoms with E-state index in [4.69, 9.17) is 10.1 Å². The minimum atomic E-state index is -5.01. The van der Waals surface area contributed by atoms with Crippen LogP contribution in [0.1, 0.15) is 28.2 Å². The predicted molar refractivity (Wildman–Crippen MR) is 94.9 cm³/mol. The zero-order chi connectivity index (χ0) is 23.4. The van der Waals surface area contributed by atoms with E-state index >= 15 is 0 Å². The number of alkyl halides is 6. The highest BCUT2D eigenvalue weighted by Gasteiger charge is 2.39. The molecule has 7 nitrogen and oxygen atoms in total. The first-order valence-corrected chi connectivity index (χ1v) is 8.74. The maximum atomic E-state index is 13.3. The smallest absolute Gasteiger partial charge is 0.438 e. The van der Waals surface area contributed by atoms with Crippen LogP contribution in [0.15, 0.2) is 48.8 Å². The summed E-state index contributed by atoms with van der Waals surface area (Å²) in [7, 11) is 0. The van der Waals surface area contributed by atoms with E-state index in [1.807, 2.05) is 0 Å².